The fourth-order valence-corrected chi connectivity index (χ4v) is 3.11. The van der Waals surface area contributed by atoms with Crippen LogP contribution >= 0.6 is 31.9 Å². The fraction of sp³-hybridized carbons (Fsp3) is 0.250. The molecule has 0 aromatic heterocycles. The van der Waals surface area contributed by atoms with Crippen LogP contribution in [-0.4, -0.2) is 19.3 Å². The number of ether oxygens (including phenoxy) is 2. The Labute approximate surface area is 141 Å². The SMILES string of the molecule is COc1ccc(C(O)c2cc(Br)c(C)cc2Br)cc1OC. The third kappa shape index (κ3) is 3.42. The molecule has 0 fully saturated rings. The van der Waals surface area contributed by atoms with Crippen LogP contribution in [0.25, 0.3) is 0 Å². The molecule has 1 atom stereocenters. The van der Waals surface area contributed by atoms with Gasteiger partial charge in [0.25, 0.3) is 0 Å². The molecule has 2 rings (SSSR count). The zero-order valence-corrected chi connectivity index (χ0v) is 15.2. The number of aliphatic hydroxyl groups is 1. The molecule has 2 aromatic rings. The van der Waals surface area contributed by atoms with E-state index >= 15 is 0 Å². The van der Waals surface area contributed by atoms with Gasteiger partial charge in [0.05, 0.1) is 14.2 Å². The summed E-state index contributed by atoms with van der Waals surface area (Å²) < 4.78 is 12.3. The molecule has 0 bridgehead atoms. The predicted octanol–water partition coefficient (Wildman–Crippen LogP) is 4.62. The van der Waals surface area contributed by atoms with Crippen molar-refractivity contribution in [2.75, 3.05) is 14.2 Å². The van der Waals surface area contributed by atoms with Gasteiger partial charge in [0.2, 0.25) is 0 Å². The van der Waals surface area contributed by atoms with Crippen LogP contribution in [0.4, 0.5) is 0 Å². The number of rotatable bonds is 4. The summed E-state index contributed by atoms with van der Waals surface area (Å²) in [6.07, 6.45) is -0.754. The number of aliphatic hydroxyl groups excluding tert-OH is 1. The highest BCUT2D eigenvalue weighted by Gasteiger charge is 2.17. The average molecular weight is 416 g/mol. The van der Waals surface area contributed by atoms with E-state index in [2.05, 4.69) is 31.9 Å². The van der Waals surface area contributed by atoms with Crippen molar-refractivity contribution in [2.24, 2.45) is 0 Å². The molecule has 5 heteroatoms. The van der Waals surface area contributed by atoms with E-state index in [0.29, 0.717) is 11.5 Å². The number of methoxy groups -OCH3 is 2. The first-order valence-corrected chi connectivity index (χ1v) is 7.92. The van der Waals surface area contributed by atoms with Gasteiger partial charge in [-0.15, -0.1) is 0 Å². The maximum absolute atomic E-state index is 10.6. The molecular weight excluding hydrogens is 400 g/mol. The van der Waals surface area contributed by atoms with Gasteiger partial charge >= 0.3 is 0 Å². The van der Waals surface area contributed by atoms with E-state index < -0.39 is 6.10 Å². The van der Waals surface area contributed by atoms with E-state index in [-0.39, 0.29) is 0 Å². The summed E-state index contributed by atoms with van der Waals surface area (Å²) in [6.45, 7) is 2.00. The molecule has 21 heavy (non-hydrogen) atoms. The van der Waals surface area contributed by atoms with Crippen LogP contribution in [-0.2, 0) is 0 Å². The van der Waals surface area contributed by atoms with Crippen molar-refractivity contribution in [3.8, 4) is 11.5 Å². The van der Waals surface area contributed by atoms with Gasteiger partial charge in [-0.1, -0.05) is 37.9 Å². The van der Waals surface area contributed by atoms with E-state index in [0.717, 1.165) is 25.6 Å². The Hall–Kier alpha value is -1.04. The molecule has 0 saturated carbocycles. The lowest BCUT2D eigenvalue weighted by molar-refractivity contribution is 0.218. The summed E-state index contributed by atoms with van der Waals surface area (Å²) in [5.74, 6) is 1.23. The van der Waals surface area contributed by atoms with Gasteiger partial charge < -0.3 is 14.6 Å². The first kappa shape index (κ1) is 16.3. The van der Waals surface area contributed by atoms with Gasteiger partial charge in [0.15, 0.2) is 11.5 Å². The highest BCUT2D eigenvalue weighted by Crippen LogP contribution is 2.36. The van der Waals surface area contributed by atoms with Crippen LogP contribution in [0.3, 0.4) is 0 Å². The minimum atomic E-state index is -0.754. The molecule has 1 N–H and O–H groups in total. The van der Waals surface area contributed by atoms with Crippen molar-refractivity contribution in [3.63, 3.8) is 0 Å². The molecule has 3 nitrogen and oxygen atoms in total. The van der Waals surface area contributed by atoms with E-state index in [1.807, 2.05) is 25.1 Å². The van der Waals surface area contributed by atoms with Crippen molar-refractivity contribution < 1.29 is 14.6 Å². The highest BCUT2D eigenvalue weighted by atomic mass is 79.9. The molecule has 0 spiro atoms. The number of hydrogen-bond acceptors (Lipinski definition) is 3. The Bertz CT molecular complexity index is 656. The van der Waals surface area contributed by atoms with Crippen molar-refractivity contribution in [1.82, 2.24) is 0 Å². The number of benzene rings is 2. The minimum Gasteiger partial charge on any atom is -0.493 e. The van der Waals surface area contributed by atoms with Crippen LogP contribution in [0.15, 0.2) is 39.3 Å². The average Bonchev–Trinajstić information content (AvgIpc) is 2.49. The van der Waals surface area contributed by atoms with Gasteiger partial charge in [-0.25, -0.2) is 0 Å². The second-order valence-corrected chi connectivity index (χ2v) is 6.35. The standard InChI is InChI=1S/C16H16Br2O3/c1-9-6-13(18)11(8-12(9)17)16(19)10-4-5-14(20-2)15(7-10)21-3/h4-8,16,19H,1-3H3. The zero-order chi connectivity index (χ0) is 15.6. The van der Waals surface area contributed by atoms with Crippen molar-refractivity contribution >= 4 is 31.9 Å². The van der Waals surface area contributed by atoms with E-state index in [1.54, 1.807) is 26.4 Å². The molecule has 0 radical (unpaired) electrons. The fourth-order valence-electron chi connectivity index (χ4n) is 2.07. The molecule has 2 aromatic carbocycles. The highest BCUT2D eigenvalue weighted by molar-refractivity contribution is 9.11. The lowest BCUT2D eigenvalue weighted by atomic mass is 10.00. The predicted molar refractivity (Wildman–Crippen MR) is 90.2 cm³/mol. The molecule has 0 saturated heterocycles. The maximum atomic E-state index is 10.6. The Kier molecular flexibility index (Phi) is 5.30. The third-order valence-electron chi connectivity index (χ3n) is 3.30. The van der Waals surface area contributed by atoms with Crippen LogP contribution in [0.1, 0.15) is 22.8 Å². The van der Waals surface area contributed by atoms with Crippen LogP contribution < -0.4 is 9.47 Å². The number of halogens is 2. The Morgan fingerprint density at radius 1 is 0.952 bits per heavy atom. The topological polar surface area (TPSA) is 38.7 Å². The van der Waals surface area contributed by atoms with Gasteiger partial charge in [-0.05, 0) is 42.3 Å². The van der Waals surface area contributed by atoms with Crippen molar-refractivity contribution in [3.05, 3.63) is 56.0 Å². The van der Waals surface area contributed by atoms with E-state index in [4.69, 9.17) is 9.47 Å². The summed E-state index contributed by atoms with van der Waals surface area (Å²) in [7, 11) is 3.16. The second-order valence-electron chi connectivity index (χ2n) is 4.64. The van der Waals surface area contributed by atoms with E-state index in [1.165, 1.54) is 0 Å². The van der Waals surface area contributed by atoms with Gasteiger partial charge in [0.1, 0.15) is 6.10 Å². The van der Waals surface area contributed by atoms with Gasteiger partial charge in [0, 0.05) is 14.5 Å². The lowest BCUT2D eigenvalue weighted by Crippen LogP contribution is -2.02. The molecular formula is C16H16Br2O3. The zero-order valence-electron chi connectivity index (χ0n) is 12.0. The Morgan fingerprint density at radius 3 is 2.24 bits per heavy atom. The Balaban J connectivity index is 2.45. The van der Waals surface area contributed by atoms with Crippen molar-refractivity contribution in [2.45, 2.75) is 13.0 Å². The summed E-state index contributed by atoms with van der Waals surface area (Å²) in [6, 6.07) is 9.29. The molecule has 1 unspecified atom stereocenters. The Morgan fingerprint density at radius 2 is 1.62 bits per heavy atom. The van der Waals surface area contributed by atoms with Crippen LogP contribution in [0.5, 0.6) is 11.5 Å². The molecule has 0 heterocycles. The van der Waals surface area contributed by atoms with Crippen LogP contribution in [0.2, 0.25) is 0 Å². The van der Waals surface area contributed by atoms with Crippen molar-refractivity contribution in [1.29, 1.82) is 0 Å². The summed E-state index contributed by atoms with van der Waals surface area (Å²) in [5.41, 5.74) is 2.63. The number of aryl methyl sites for hydroxylation is 1. The molecule has 0 aliphatic carbocycles. The van der Waals surface area contributed by atoms with Crippen LogP contribution in [0, 0.1) is 6.92 Å². The normalized spacial score (nSPS) is 12.1. The number of hydrogen-bond donors (Lipinski definition) is 1. The van der Waals surface area contributed by atoms with Gasteiger partial charge in [-0.3, -0.25) is 0 Å². The first-order chi connectivity index (χ1) is 9.97. The maximum Gasteiger partial charge on any atom is 0.161 e. The van der Waals surface area contributed by atoms with Gasteiger partial charge in [-0.2, -0.15) is 0 Å². The smallest absolute Gasteiger partial charge is 0.161 e. The monoisotopic (exact) mass is 414 g/mol. The quantitative estimate of drug-likeness (QED) is 0.791. The first-order valence-electron chi connectivity index (χ1n) is 6.33. The molecule has 0 aliphatic rings. The largest absolute Gasteiger partial charge is 0.493 e. The third-order valence-corrected chi connectivity index (χ3v) is 4.84. The summed E-state index contributed by atoms with van der Waals surface area (Å²) in [4.78, 5) is 0. The lowest BCUT2D eigenvalue weighted by Gasteiger charge is -2.17. The molecule has 112 valence electrons. The molecule has 0 amide bonds. The van der Waals surface area contributed by atoms with E-state index in [9.17, 15) is 5.11 Å². The second kappa shape index (κ2) is 6.81. The summed E-state index contributed by atoms with van der Waals surface area (Å²) >= 11 is 7.00. The summed E-state index contributed by atoms with van der Waals surface area (Å²) in [5, 5.41) is 10.6. The minimum absolute atomic E-state index is 0.594. The molecule has 0 aliphatic heterocycles.